The van der Waals surface area contributed by atoms with Gasteiger partial charge in [0.25, 0.3) is 0 Å². The minimum Gasteiger partial charge on any atom is -0.383 e. The Morgan fingerprint density at radius 2 is 1.88 bits per heavy atom. The van der Waals surface area contributed by atoms with Gasteiger partial charge in [0.2, 0.25) is 10.0 Å². The van der Waals surface area contributed by atoms with Gasteiger partial charge in [-0.15, -0.1) is 11.3 Å². The Hall–Kier alpha value is -1.21. The van der Waals surface area contributed by atoms with Crippen LogP contribution in [0.3, 0.4) is 0 Å². The first kappa shape index (κ1) is 12.3. The smallest absolute Gasteiger partial charge is 0.238 e. The van der Waals surface area contributed by atoms with Gasteiger partial charge in [-0.1, -0.05) is 30.3 Å². The highest BCUT2D eigenvalue weighted by Crippen LogP contribution is 2.28. The number of nitrogens with two attached hydrogens (primary N) is 1. The lowest BCUT2D eigenvalue weighted by molar-refractivity contribution is 0.224. The van der Waals surface area contributed by atoms with Gasteiger partial charge in [0.1, 0.15) is 6.10 Å². The summed E-state index contributed by atoms with van der Waals surface area (Å²) in [5.41, 5.74) is 0.718. The maximum Gasteiger partial charge on any atom is 0.238 e. The van der Waals surface area contributed by atoms with Crippen molar-refractivity contribution in [2.45, 2.75) is 11.0 Å². The summed E-state index contributed by atoms with van der Waals surface area (Å²) in [6, 6.07) is 10.4. The quantitative estimate of drug-likeness (QED) is 0.885. The van der Waals surface area contributed by atoms with Gasteiger partial charge in [-0.05, 0) is 11.6 Å². The van der Waals surface area contributed by atoms with E-state index in [2.05, 4.69) is 0 Å². The van der Waals surface area contributed by atoms with Crippen molar-refractivity contribution < 1.29 is 13.5 Å². The lowest BCUT2D eigenvalue weighted by Crippen LogP contribution is -2.10. The Kier molecular flexibility index (Phi) is 3.30. The van der Waals surface area contributed by atoms with Crippen LogP contribution in [0.1, 0.15) is 16.5 Å². The number of hydrogen-bond acceptors (Lipinski definition) is 4. The van der Waals surface area contributed by atoms with Gasteiger partial charge >= 0.3 is 0 Å². The first-order valence-electron chi connectivity index (χ1n) is 4.83. The second-order valence-electron chi connectivity index (χ2n) is 3.54. The Balaban J connectivity index is 2.33. The second-order valence-corrected chi connectivity index (χ2v) is 6.05. The molecule has 0 saturated carbocycles. The van der Waals surface area contributed by atoms with Crippen molar-refractivity contribution in [1.29, 1.82) is 0 Å². The number of thiophene rings is 1. The van der Waals surface area contributed by atoms with E-state index in [4.69, 9.17) is 5.14 Å². The van der Waals surface area contributed by atoms with Crippen LogP contribution in [0.2, 0.25) is 0 Å². The van der Waals surface area contributed by atoms with E-state index in [1.54, 1.807) is 12.1 Å². The maximum atomic E-state index is 11.1. The summed E-state index contributed by atoms with van der Waals surface area (Å²) in [5.74, 6) is 0. The molecule has 1 heterocycles. The number of aliphatic hydroxyl groups excluding tert-OH is 1. The highest BCUT2D eigenvalue weighted by molar-refractivity contribution is 7.89. The Labute approximate surface area is 103 Å². The van der Waals surface area contributed by atoms with Crippen molar-refractivity contribution in [2.24, 2.45) is 5.14 Å². The van der Waals surface area contributed by atoms with E-state index in [9.17, 15) is 13.5 Å². The zero-order valence-electron chi connectivity index (χ0n) is 8.78. The van der Waals surface area contributed by atoms with Crippen molar-refractivity contribution in [1.82, 2.24) is 0 Å². The van der Waals surface area contributed by atoms with Gasteiger partial charge in [0.15, 0.2) is 0 Å². The number of rotatable bonds is 3. The molecule has 1 unspecified atom stereocenters. The van der Waals surface area contributed by atoms with Gasteiger partial charge in [0, 0.05) is 10.3 Å². The van der Waals surface area contributed by atoms with Crippen LogP contribution in [-0.2, 0) is 10.0 Å². The summed E-state index contributed by atoms with van der Waals surface area (Å²) in [6.45, 7) is 0. The third-order valence-electron chi connectivity index (χ3n) is 2.31. The van der Waals surface area contributed by atoms with Crippen LogP contribution in [-0.4, -0.2) is 13.5 Å². The molecule has 1 aromatic carbocycles. The van der Waals surface area contributed by atoms with Crippen molar-refractivity contribution in [3.8, 4) is 0 Å². The fraction of sp³-hybridized carbons (Fsp3) is 0.0909. The number of sulfonamides is 1. The fourth-order valence-corrected chi connectivity index (χ4v) is 3.25. The third kappa shape index (κ3) is 2.73. The summed E-state index contributed by atoms with van der Waals surface area (Å²) in [7, 11) is -3.70. The molecule has 0 fully saturated rings. The van der Waals surface area contributed by atoms with Crippen LogP contribution in [0.15, 0.2) is 46.7 Å². The molecule has 6 heteroatoms. The Morgan fingerprint density at radius 3 is 2.41 bits per heavy atom. The average molecular weight is 269 g/mol. The molecule has 1 aromatic heterocycles. The van der Waals surface area contributed by atoms with E-state index in [1.165, 1.54) is 22.8 Å². The molecule has 0 spiro atoms. The molecule has 0 radical (unpaired) electrons. The zero-order chi connectivity index (χ0) is 12.5. The van der Waals surface area contributed by atoms with Gasteiger partial charge in [0.05, 0.1) is 4.90 Å². The number of primary sulfonamides is 1. The minimum absolute atomic E-state index is 0.0347. The predicted octanol–water partition coefficient (Wildman–Crippen LogP) is 1.48. The minimum atomic E-state index is -3.70. The summed E-state index contributed by atoms with van der Waals surface area (Å²) in [4.78, 5) is 0.590. The van der Waals surface area contributed by atoms with Gasteiger partial charge in [-0.3, -0.25) is 0 Å². The lowest BCUT2D eigenvalue weighted by atomic mass is 10.1. The monoisotopic (exact) mass is 269 g/mol. The van der Waals surface area contributed by atoms with Gasteiger partial charge in [-0.25, -0.2) is 13.6 Å². The van der Waals surface area contributed by atoms with Crippen molar-refractivity contribution in [3.63, 3.8) is 0 Å². The molecular formula is C11H11NO3S2. The molecule has 0 amide bonds. The highest BCUT2D eigenvalue weighted by atomic mass is 32.2. The molecule has 1 atom stereocenters. The van der Waals surface area contributed by atoms with E-state index in [0.29, 0.717) is 4.88 Å². The lowest BCUT2D eigenvalue weighted by Gasteiger charge is -2.07. The number of benzene rings is 1. The molecule has 0 bridgehead atoms. The summed E-state index contributed by atoms with van der Waals surface area (Å²) >= 11 is 1.17. The Morgan fingerprint density at radius 1 is 1.24 bits per heavy atom. The maximum absolute atomic E-state index is 11.1. The predicted molar refractivity (Wildman–Crippen MR) is 66.2 cm³/mol. The van der Waals surface area contributed by atoms with Crippen LogP contribution in [0.5, 0.6) is 0 Å². The van der Waals surface area contributed by atoms with Crippen LogP contribution in [0.4, 0.5) is 0 Å². The summed E-state index contributed by atoms with van der Waals surface area (Å²) in [5, 5.41) is 16.5. The van der Waals surface area contributed by atoms with Crippen LogP contribution in [0.25, 0.3) is 0 Å². The first-order valence-corrected chi connectivity index (χ1v) is 7.25. The largest absolute Gasteiger partial charge is 0.383 e. The molecule has 0 aliphatic rings. The fourth-order valence-electron chi connectivity index (χ4n) is 1.43. The molecule has 2 aromatic rings. The Bertz CT molecular complexity index is 605. The SMILES string of the molecule is NS(=O)(=O)c1csc(C(O)c2ccccc2)c1. The molecule has 2 rings (SSSR count). The summed E-state index contributed by atoms with van der Waals surface area (Å²) in [6.07, 6.45) is -0.823. The average Bonchev–Trinajstić information content (AvgIpc) is 2.78. The molecule has 0 aliphatic carbocycles. The van der Waals surface area contributed by atoms with E-state index in [-0.39, 0.29) is 4.90 Å². The first-order chi connectivity index (χ1) is 7.98. The van der Waals surface area contributed by atoms with E-state index >= 15 is 0 Å². The number of hydrogen-bond donors (Lipinski definition) is 2. The highest BCUT2D eigenvalue weighted by Gasteiger charge is 2.16. The molecule has 17 heavy (non-hydrogen) atoms. The van der Waals surface area contributed by atoms with Crippen LogP contribution in [0, 0.1) is 0 Å². The normalized spacial score (nSPS) is 13.5. The van der Waals surface area contributed by atoms with Crippen molar-refractivity contribution >= 4 is 21.4 Å². The summed E-state index contributed by atoms with van der Waals surface area (Å²) < 4.78 is 22.2. The molecular weight excluding hydrogens is 258 g/mol. The molecule has 0 saturated heterocycles. The van der Waals surface area contributed by atoms with Gasteiger partial charge in [-0.2, -0.15) is 0 Å². The van der Waals surface area contributed by atoms with E-state index in [1.807, 2.05) is 18.2 Å². The van der Waals surface area contributed by atoms with E-state index < -0.39 is 16.1 Å². The molecule has 90 valence electrons. The van der Waals surface area contributed by atoms with E-state index in [0.717, 1.165) is 5.56 Å². The molecule has 4 nitrogen and oxygen atoms in total. The third-order valence-corrected chi connectivity index (χ3v) is 4.34. The zero-order valence-corrected chi connectivity index (χ0v) is 10.4. The van der Waals surface area contributed by atoms with Crippen LogP contribution < -0.4 is 5.14 Å². The standard InChI is InChI=1S/C11H11NO3S2/c12-17(14,15)9-6-10(16-7-9)11(13)8-4-2-1-3-5-8/h1-7,11,13H,(H2,12,14,15). The van der Waals surface area contributed by atoms with Crippen molar-refractivity contribution in [3.05, 3.63) is 52.2 Å². The number of aliphatic hydroxyl groups is 1. The van der Waals surface area contributed by atoms with Gasteiger partial charge < -0.3 is 5.11 Å². The second kappa shape index (κ2) is 4.58. The molecule has 3 N–H and O–H groups in total. The topological polar surface area (TPSA) is 80.4 Å². The van der Waals surface area contributed by atoms with Crippen LogP contribution >= 0.6 is 11.3 Å². The van der Waals surface area contributed by atoms with Crippen molar-refractivity contribution in [2.75, 3.05) is 0 Å². The molecule has 0 aliphatic heterocycles.